The summed E-state index contributed by atoms with van der Waals surface area (Å²) in [7, 11) is 0.721. The highest BCUT2D eigenvalue weighted by atomic mass is 28.3. The molecule has 0 rings (SSSR count). The number of nitrogens with one attached hydrogen (secondary N) is 1. The molecular weight excluding hydrogens is 172 g/mol. The van der Waals surface area contributed by atoms with Crippen LogP contribution in [-0.4, -0.2) is 39.9 Å². The summed E-state index contributed by atoms with van der Waals surface area (Å²) in [6, 6.07) is 0. The van der Waals surface area contributed by atoms with E-state index < -0.39 is 0 Å². The van der Waals surface area contributed by atoms with Crippen molar-refractivity contribution in [1.29, 1.82) is 0 Å². The van der Waals surface area contributed by atoms with Crippen molar-refractivity contribution in [3.8, 4) is 0 Å². The molecule has 0 radical (unpaired) electrons. The second kappa shape index (κ2) is 8.41. The van der Waals surface area contributed by atoms with E-state index >= 15 is 0 Å². The molecule has 0 aromatic carbocycles. The zero-order valence-electron chi connectivity index (χ0n) is 7.60. The van der Waals surface area contributed by atoms with Crippen molar-refractivity contribution in [1.82, 2.24) is 5.32 Å². The first-order valence-electron chi connectivity index (χ1n) is 4.21. The average molecular weight is 192 g/mol. The zero-order chi connectivity index (χ0) is 8.53. The van der Waals surface area contributed by atoms with E-state index in [1.165, 1.54) is 6.42 Å². The second-order valence-corrected chi connectivity index (χ2v) is 6.92. The quantitative estimate of drug-likeness (QED) is 0.366. The third-order valence-corrected chi connectivity index (χ3v) is 3.90. The molecule has 0 saturated carbocycles. The smallest absolute Gasteiger partial charge is 0.148 e. The summed E-state index contributed by atoms with van der Waals surface area (Å²) in [6.45, 7) is 5.05. The van der Waals surface area contributed by atoms with E-state index in [-0.39, 0.29) is 9.76 Å². The van der Waals surface area contributed by atoms with Crippen LogP contribution in [0, 0.1) is 0 Å². The molecule has 0 amide bonds. The first-order chi connectivity index (χ1) is 5.31. The minimum absolute atomic E-state index is 0.198. The maximum Gasteiger partial charge on any atom is 0.148 e. The number of hydrogen-bond acceptors (Lipinski definition) is 3. The summed E-state index contributed by atoms with van der Waals surface area (Å²) in [5.74, 6) is 0. The summed E-state index contributed by atoms with van der Waals surface area (Å²) in [5.41, 5.74) is 6.15. The molecule has 0 aliphatic heterocycles. The van der Waals surface area contributed by atoms with Crippen LogP contribution in [0.4, 0.5) is 0 Å². The fourth-order valence-electron chi connectivity index (χ4n) is 0.943. The Morgan fingerprint density at radius 3 is 2.91 bits per heavy atom. The first kappa shape index (κ1) is 11.3. The Labute approximate surface area is 74.6 Å². The number of rotatable bonds is 7. The molecule has 0 aromatic rings. The summed E-state index contributed by atoms with van der Waals surface area (Å²) >= 11 is 0. The first-order valence-corrected chi connectivity index (χ1v) is 6.42. The van der Waals surface area contributed by atoms with Crippen LogP contribution >= 0.6 is 0 Å². The van der Waals surface area contributed by atoms with Gasteiger partial charge in [-0.25, -0.2) is 0 Å². The van der Waals surface area contributed by atoms with Crippen molar-refractivity contribution >= 4 is 20.2 Å². The maximum absolute atomic E-state index is 5.33. The number of hydrogen-bond donors (Lipinski definition) is 2. The van der Waals surface area contributed by atoms with Crippen LogP contribution in [-0.2, 0) is 4.12 Å². The minimum atomic E-state index is -0.198. The second-order valence-electron chi connectivity index (χ2n) is 2.89. The van der Waals surface area contributed by atoms with E-state index in [0.29, 0.717) is 0 Å². The van der Waals surface area contributed by atoms with Crippen LogP contribution in [0.2, 0.25) is 5.54 Å². The summed E-state index contributed by atoms with van der Waals surface area (Å²) in [6.07, 6.45) is 1.24. The molecular formula is C6H20N2OSi2. The molecule has 0 aliphatic rings. The molecule has 0 fully saturated rings. The van der Waals surface area contributed by atoms with Crippen molar-refractivity contribution in [3.63, 3.8) is 0 Å². The minimum Gasteiger partial charge on any atom is -0.468 e. The molecule has 0 spiro atoms. The molecule has 1 atom stereocenters. The van der Waals surface area contributed by atoms with Gasteiger partial charge in [-0.05, 0) is 18.5 Å². The molecule has 0 aromatic heterocycles. The highest BCUT2D eigenvalue weighted by Gasteiger charge is 1.99. The molecule has 0 saturated heterocycles. The summed E-state index contributed by atoms with van der Waals surface area (Å²) in [5, 5.41) is 3.28. The van der Waals surface area contributed by atoms with Crippen molar-refractivity contribution in [3.05, 3.63) is 0 Å². The van der Waals surface area contributed by atoms with Gasteiger partial charge in [-0.1, -0.05) is 6.92 Å². The lowest BCUT2D eigenvalue weighted by Crippen LogP contribution is -2.24. The average Bonchev–Trinajstić information content (AvgIpc) is 1.99. The molecule has 0 aliphatic carbocycles. The van der Waals surface area contributed by atoms with Crippen molar-refractivity contribution < 1.29 is 4.12 Å². The van der Waals surface area contributed by atoms with E-state index in [1.54, 1.807) is 0 Å². The molecule has 0 heterocycles. The standard InChI is InChI=1S/C6H20N2OSi2/c1-6(11-9-10)2-4-8-5-3-7/h6,8H,2-5,7,11H2,1,10H3. The van der Waals surface area contributed by atoms with Crippen LogP contribution < -0.4 is 11.1 Å². The van der Waals surface area contributed by atoms with Crippen LogP contribution in [0.3, 0.4) is 0 Å². The molecule has 0 bridgehead atoms. The summed E-state index contributed by atoms with van der Waals surface area (Å²) in [4.78, 5) is 0. The fraction of sp³-hybridized carbons (Fsp3) is 1.00. The van der Waals surface area contributed by atoms with Gasteiger partial charge in [0, 0.05) is 13.1 Å². The van der Waals surface area contributed by atoms with Crippen molar-refractivity contribution in [2.24, 2.45) is 5.73 Å². The molecule has 5 heteroatoms. The van der Waals surface area contributed by atoms with Gasteiger partial charge < -0.3 is 15.2 Å². The van der Waals surface area contributed by atoms with Crippen molar-refractivity contribution in [2.75, 3.05) is 19.6 Å². The topological polar surface area (TPSA) is 47.3 Å². The Morgan fingerprint density at radius 1 is 1.64 bits per heavy atom. The Kier molecular flexibility index (Phi) is 8.65. The van der Waals surface area contributed by atoms with Gasteiger partial charge in [0.05, 0.1) is 0 Å². The van der Waals surface area contributed by atoms with E-state index in [4.69, 9.17) is 9.85 Å². The fourth-order valence-corrected chi connectivity index (χ4v) is 3.59. The Bertz CT molecular complexity index is 85.0. The lowest BCUT2D eigenvalue weighted by Gasteiger charge is -2.09. The third kappa shape index (κ3) is 8.22. The van der Waals surface area contributed by atoms with Gasteiger partial charge in [-0.2, -0.15) is 0 Å². The molecule has 68 valence electrons. The third-order valence-electron chi connectivity index (χ3n) is 1.59. The van der Waals surface area contributed by atoms with Gasteiger partial charge in [0.2, 0.25) is 0 Å². The molecule has 3 nitrogen and oxygen atoms in total. The van der Waals surface area contributed by atoms with Gasteiger partial charge in [0.1, 0.15) is 20.2 Å². The van der Waals surface area contributed by atoms with E-state index in [1.807, 2.05) is 0 Å². The molecule has 1 unspecified atom stereocenters. The van der Waals surface area contributed by atoms with Crippen LogP contribution in [0.15, 0.2) is 0 Å². The van der Waals surface area contributed by atoms with Crippen LogP contribution in [0.5, 0.6) is 0 Å². The van der Waals surface area contributed by atoms with Crippen LogP contribution in [0.25, 0.3) is 0 Å². The molecule has 11 heavy (non-hydrogen) atoms. The SMILES string of the molecule is CC(CCNCCN)[SiH2]O[SiH3]. The Hall–Kier alpha value is 0.314. The largest absolute Gasteiger partial charge is 0.468 e. The normalized spacial score (nSPS) is 14.7. The predicted octanol–water partition coefficient (Wildman–Crippen LogP) is -1.89. The Balaban J connectivity index is 2.97. The number of nitrogens with two attached hydrogens (primary N) is 1. The zero-order valence-corrected chi connectivity index (χ0v) is 11.0. The van der Waals surface area contributed by atoms with Gasteiger partial charge >= 0.3 is 0 Å². The summed E-state index contributed by atoms with van der Waals surface area (Å²) < 4.78 is 5.29. The van der Waals surface area contributed by atoms with Gasteiger partial charge in [-0.3, -0.25) is 0 Å². The lowest BCUT2D eigenvalue weighted by molar-refractivity contribution is 0.594. The molecule has 3 N–H and O–H groups in total. The lowest BCUT2D eigenvalue weighted by atomic mass is 10.3. The highest BCUT2D eigenvalue weighted by Crippen LogP contribution is 2.04. The van der Waals surface area contributed by atoms with Crippen LogP contribution in [0.1, 0.15) is 13.3 Å². The Morgan fingerprint density at radius 2 is 2.36 bits per heavy atom. The maximum atomic E-state index is 5.33. The monoisotopic (exact) mass is 192 g/mol. The van der Waals surface area contributed by atoms with Gasteiger partial charge in [0.25, 0.3) is 0 Å². The van der Waals surface area contributed by atoms with E-state index in [0.717, 1.165) is 35.7 Å². The van der Waals surface area contributed by atoms with Crippen molar-refractivity contribution in [2.45, 2.75) is 18.9 Å². The van der Waals surface area contributed by atoms with Gasteiger partial charge in [0.15, 0.2) is 0 Å². The predicted molar refractivity (Wildman–Crippen MR) is 55.5 cm³/mol. The van der Waals surface area contributed by atoms with E-state index in [9.17, 15) is 0 Å². The highest BCUT2D eigenvalue weighted by molar-refractivity contribution is 6.35. The van der Waals surface area contributed by atoms with Gasteiger partial charge in [-0.15, -0.1) is 0 Å². The van der Waals surface area contributed by atoms with E-state index in [2.05, 4.69) is 12.2 Å².